The summed E-state index contributed by atoms with van der Waals surface area (Å²) in [5.41, 5.74) is 11.0. The van der Waals surface area contributed by atoms with E-state index in [0.29, 0.717) is 18.1 Å². The smallest absolute Gasteiger partial charge is 0.174 e. The van der Waals surface area contributed by atoms with Gasteiger partial charge in [0.05, 0.1) is 17.1 Å². The quantitative estimate of drug-likeness (QED) is 0.408. The zero-order valence-electron chi connectivity index (χ0n) is 18.6. The average molecular weight is 436 g/mol. The minimum Gasteiger partial charge on any atom is -0.396 e. The molecule has 3 aromatic carbocycles. The summed E-state index contributed by atoms with van der Waals surface area (Å²) in [7, 11) is 0. The number of rotatable bonds is 6. The van der Waals surface area contributed by atoms with E-state index in [2.05, 4.69) is 57.0 Å². The SMILES string of the molecule is Cc1nn(Cc2nnnn2C(c2ccccc2)(c2ccccc2)c2ccccc2)c(C)c1N. The Bertz CT molecular complexity index is 1260. The first-order valence-electron chi connectivity index (χ1n) is 10.9. The number of aromatic nitrogens is 6. The van der Waals surface area contributed by atoms with Gasteiger partial charge in [0.25, 0.3) is 0 Å². The molecule has 164 valence electrons. The highest BCUT2D eigenvalue weighted by molar-refractivity contribution is 5.50. The number of nitrogens with zero attached hydrogens (tertiary/aromatic N) is 6. The molecule has 5 rings (SSSR count). The highest BCUT2D eigenvalue weighted by Crippen LogP contribution is 2.40. The molecule has 0 aliphatic rings. The molecule has 2 heterocycles. The van der Waals surface area contributed by atoms with Crippen LogP contribution in [0.5, 0.6) is 0 Å². The summed E-state index contributed by atoms with van der Waals surface area (Å²) in [6.45, 7) is 4.26. The molecule has 0 unspecified atom stereocenters. The van der Waals surface area contributed by atoms with Gasteiger partial charge in [0.2, 0.25) is 0 Å². The molecule has 0 saturated heterocycles. The molecule has 0 saturated carbocycles. The van der Waals surface area contributed by atoms with Crippen molar-refractivity contribution in [1.82, 2.24) is 30.0 Å². The molecule has 0 fully saturated rings. The summed E-state index contributed by atoms with van der Waals surface area (Å²) in [6.07, 6.45) is 0. The van der Waals surface area contributed by atoms with Gasteiger partial charge in [-0.2, -0.15) is 5.10 Å². The third kappa shape index (κ3) is 3.38. The number of aryl methyl sites for hydroxylation is 1. The number of nitrogen functional groups attached to an aromatic ring is 1. The monoisotopic (exact) mass is 435 g/mol. The Morgan fingerprint density at radius 3 is 1.67 bits per heavy atom. The van der Waals surface area contributed by atoms with E-state index in [9.17, 15) is 0 Å². The van der Waals surface area contributed by atoms with E-state index in [1.807, 2.05) is 77.8 Å². The van der Waals surface area contributed by atoms with Crippen LogP contribution in [0.25, 0.3) is 0 Å². The molecule has 33 heavy (non-hydrogen) atoms. The molecule has 7 heteroatoms. The van der Waals surface area contributed by atoms with Crippen LogP contribution in [-0.4, -0.2) is 30.0 Å². The Morgan fingerprint density at radius 2 is 1.24 bits per heavy atom. The van der Waals surface area contributed by atoms with Crippen LogP contribution in [0.1, 0.15) is 33.9 Å². The fourth-order valence-electron chi connectivity index (χ4n) is 4.47. The van der Waals surface area contributed by atoms with Crippen LogP contribution in [0.3, 0.4) is 0 Å². The third-order valence-corrected chi connectivity index (χ3v) is 6.16. The molecule has 0 aliphatic carbocycles. The van der Waals surface area contributed by atoms with Crippen molar-refractivity contribution in [3.8, 4) is 0 Å². The molecule has 0 radical (unpaired) electrons. The molecular weight excluding hydrogens is 410 g/mol. The number of tetrazole rings is 1. The maximum absolute atomic E-state index is 6.19. The first-order valence-corrected chi connectivity index (χ1v) is 10.9. The van der Waals surface area contributed by atoms with E-state index >= 15 is 0 Å². The Labute approximate surface area is 192 Å². The molecule has 0 aliphatic heterocycles. The Kier molecular flexibility index (Phi) is 5.22. The van der Waals surface area contributed by atoms with Crippen molar-refractivity contribution in [2.45, 2.75) is 25.9 Å². The molecule has 2 N–H and O–H groups in total. The normalized spacial score (nSPS) is 11.6. The standard InChI is InChI=1S/C26H25N7/c1-19-25(27)20(2)32(29-19)18-24-28-30-31-33(24)26(21-12-6-3-7-13-21,22-14-8-4-9-15-22)23-16-10-5-11-17-23/h3-17H,18,27H2,1-2H3. The fourth-order valence-corrected chi connectivity index (χ4v) is 4.47. The second kappa shape index (κ2) is 8.35. The van der Waals surface area contributed by atoms with E-state index in [4.69, 9.17) is 5.73 Å². The van der Waals surface area contributed by atoms with Crippen molar-refractivity contribution in [3.05, 3.63) is 125 Å². The number of benzene rings is 3. The van der Waals surface area contributed by atoms with Crippen LogP contribution in [0.4, 0.5) is 5.69 Å². The Hall–Kier alpha value is -4.26. The highest BCUT2D eigenvalue weighted by atomic mass is 15.6. The zero-order chi connectivity index (χ0) is 22.8. The highest BCUT2D eigenvalue weighted by Gasteiger charge is 2.41. The summed E-state index contributed by atoms with van der Waals surface area (Å²) in [5.74, 6) is 0.678. The van der Waals surface area contributed by atoms with Crippen LogP contribution < -0.4 is 5.73 Å². The lowest BCUT2D eigenvalue weighted by Crippen LogP contribution is -2.40. The van der Waals surface area contributed by atoms with Gasteiger partial charge in [-0.3, -0.25) is 4.68 Å². The molecular formula is C26H25N7. The van der Waals surface area contributed by atoms with Crippen molar-refractivity contribution in [2.75, 3.05) is 5.73 Å². The minimum atomic E-state index is -0.774. The average Bonchev–Trinajstić information content (AvgIpc) is 3.42. The minimum absolute atomic E-state index is 0.394. The first-order chi connectivity index (χ1) is 16.1. The Balaban J connectivity index is 1.80. The van der Waals surface area contributed by atoms with Gasteiger partial charge in [-0.25, -0.2) is 4.68 Å². The van der Waals surface area contributed by atoms with Crippen LogP contribution in [0.2, 0.25) is 0 Å². The van der Waals surface area contributed by atoms with E-state index in [-0.39, 0.29) is 0 Å². The summed E-state index contributed by atoms with van der Waals surface area (Å²) in [4.78, 5) is 0. The van der Waals surface area contributed by atoms with Gasteiger partial charge in [-0.15, -0.1) is 5.10 Å². The molecule has 0 atom stereocenters. The van der Waals surface area contributed by atoms with Crippen LogP contribution in [-0.2, 0) is 12.1 Å². The van der Waals surface area contributed by atoms with Crippen molar-refractivity contribution >= 4 is 5.69 Å². The van der Waals surface area contributed by atoms with Gasteiger partial charge in [0.1, 0.15) is 12.1 Å². The van der Waals surface area contributed by atoms with Crippen LogP contribution in [0, 0.1) is 13.8 Å². The van der Waals surface area contributed by atoms with E-state index < -0.39 is 5.54 Å². The van der Waals surface area contributed by atoms with E-state index in [1.165, 1.54) is 0 Å². The van der Waals surface area contributed by atoms with Gasteiger partial charge in [0, 0.05) is 0 Å². The van der Waals surface area contributed by atoms with E-state index in [0.717, 1.165) is 28.1 Å². The lowest BCUT2D eigenvalue weighted by atomic mass is 9.77. The van der Waals surface area contributed by atoms with Crippen molar-refractivity contribution < 1.29 is 0 Å². The molecule has 2 aromatic heterocycles. The van der Waals surface area contributed by atoms with E-state index in [1.54, 1.807) is 0 Å². The second-order valence-electron chi connectivity index (χ2n) is 8.06. The molecule has 7 nitrogen and oxygen atoms in total. The maximum Gasteiger partial charge on any atom is 0.174 e. The van der Waals surface area contributed by atoms with Gasteiger partial charge < -0.3 is 5.73 Å². The van der Waals surface area contributed by atoms with Gasteiger partial charge in [0.15, 0.2) is 5.82 Å². The van der Waals surface area contributed by atoms with Crippen molar-refractivity contribution in [1.29, 1.82) is 0 Å². The number of hydrogen-bond donors (Lipinski definition) is 1. The van der Waals surface area contributed by atoms with Gasteiger partial charge in [-0.05, 0) is 41.0 Å². The molecule has 0 bridgehead atoms. The molecule has 0 amide bonds. The molecule has 5 aromatic rings. The largest absolute Gasteiger partial charge is 0.396 e. The van der Waals surface area contributed by atoms with Crippen molar-refractivity contribution in [3.63, 3.8) is 0 Å². The number of hydrogen-bond acceptors (Lipinski definition) is 5. The number of anilines is 1. The topological polar surface area (TPSA) is 87.4 Å². The lowest BCUT2D eigenvalue weighted by Gasteiger charge is -2.36. The summed E-state index contributed by atoms with van der Waals surface area (Å²) in [5, 5.41) is 17.7. The Morgan fingerprint density at radius 1 is 0.758 bits per heavy atom. The lowest BCUT2D eigenvalue weighted by molar-refractivity contribution is 0.421. The van der Waals surface area contributed by atoms with Gasteiger partial charge in [-0.1, -0.05) is 91.0 Å². The second-order valence-corrected chi connectivity index (χ2v) is 8.06. The maximum atomic E-state index is 6.19. The predicted octanol–water partition coefficient (Wildman–Crippen LogP) is 3.96. The number of nitrogens with two attached hydrogens (primary N) is 1. The summed E-state index contributed by atoms with van der Waals surface area (Å²) in [6, 6.07) is 31.0. The van der Waals surface area contributed by atoms with Crippen LogP contribution >= 0.6 is 0 Å². The van der Waals surface area contributed by atoms with Crippen molar-refractivity contribution in [2.24, 2.45) is 0 Å². The fraction of sp³-hybridized carbons (Fsp3) is 0.154. The zero-order valence-corrected chi connectivity index (χ0v) is 18.6. The summed E-state index contributed by atoms with van der Waals surface area (Å²) < 4.78 is 3.78. The molecule has 0 spiro atoms. The third-order valence-electron chi connectivity index (χ3n) is 6.16. The van der Waals surface area contributed by atoms with Crippen LogP contribution in [0.15, 0.2) is 91.0 Å². The first kappa shape index (κ1) is 20.6. The van der Waals surface area contributed by atoms with Gasteiger partial charge >= 0.3 is 0 Å². The summed E-state index contributed by atoms with van der Waals surface area (Å²) >= 11 is 0. The predicted molar refractivity (Wildman–Crippen MR) is 128 cm³/mol.